The Bertz CT molecular complexity index is 911. The fourth-order valence-corrected chi connectivity index (χ4v) is 3.84. The fourth-order valence-electron chi connectivity index (χ4n) is 3.03. The summed E-state index contributed by atoms with van der Waals surface area (Å²) in [5, 5.41) is 3.03. The molecule has 3 rings (SSSR count). The third kappa shape index (κ3) is 5.22. The van der Waals surface area contributed by atoms with E-state index in [1.165, 1.54) is 23.9 Å². The monoisotopic (exact) mass is 407 g/mol. The number of hydrogen-bond acceptors (Lipinski definition) is 5. The molecule has 1 saturated heterocycles. The number of carbonyl (C=O) groups is 1. The Kier molecular flexibility index (Phi) is 6.04. The van der Waals surface area contributed by atoms with E-state index in [1.54, 1.807) is 0 Å². The molecule has 0 atom stereocenters. The second kappa shape index (κ2) is 8.29. The number of nitrogens with zero attached hydrogens (tertiary/aromatic N) is 2. The second-order valence-corrected chi connectivity index (χ2v) is 8.98. The van der Waals surface area contributed by atoms with Crippen molar-refractivity contribution in [2.45, 2.75) is 4.90 Å². The van der Waals surface area contributed by atoms with Gasteiger partial charge < -0.3 is 10.2 Å². The Morgan fingerprint density at radius 2 is 1.74 bits per heavy atom. The van der Waals surface area contributed by atoms with Gasteiger partial charge in [-0.2, -0.15) is 0 Å². The van der Waals surface area contributed by atoms with Crippen LogP contribution in [0, 0.1) is 0 Å². The largest absolute Gasteiger partial charge is 0.369 e. The molecular formula is C19H22ClN3O3S. The summed E-state index contributed by atoms with van der Waals surface area (Å²) in [5.41, 5.74) is 1.50. The molecule has 1 heterocycles. The lowest BCUT2D eigenvalue weighted by atomic mass is 10.2. The molecule has 1 aliphatic rings. The third-order valence-corrected chi connectivity index (χ3v) is 5.94. The molecule has 144 valence electrons. The summed E-state index contributed by atoms with van der Waals surface area (Å²) in [5.74, 6) is -0.212. The van der Waals surface area contributed by atoms with Crippen LogP contribution in [0.4, 0.5) is 11.4 Å². The second-order valence-electron chi connectivity index (χ2n) is 6.56. The highest BCUT2D eigenvalue weighted by Crippen LogP contribution is 2.25. The lowest BCUT2D eigenvalue weighted by Gasteiger charge is -2.35. The van der Waals surface area contributed by atoms with Crippen LogP contribution in [0.1, 0.15) is 0 Å². The highest BCUT2D eigenvalue weighted by molar-refractivity contribution is 7.90. The number of rotatable bonds is 5. The van der Waals surface area contributed by atoms with Crippen LogP contribution < -0.4 is 10.2 Å². The molecule has 1 amide bonds. The SMILES string of the molecule is CS(=O)(=O)c1ccc(Cl)c(NC(=O)CN2CCN(c3ccccc3)CC2)c1. The number of para-hydroxylation sites is 1. The molecule has 0 aliphatic carbocycles. The number of carbonyl (C=O) groups excluding carboxylic acids is 1. The van der Waals surface area contributed by atoms with E-state index in [9.17, 15) is 13.2 Å². The number of sulfone groups is 1. The first kappa shape index (κ1) is 19.7. The summed E-state index contributed by atoms with van der Waals surface area (Å²) in [6.45, 7) is 3.49. The van der Waals surface area contributed by atoms with Gasteiger partial charge in [0, 0.05) is 38.1 Å². The van der Waals surface area contributed by atoms with Crippen molar-refractivity contribution in [1.82, 2.24) is 4.90 Å². The van der Waals surface area contributed by atoms with E-state index in [-0.39, 0.29) is 17.3 Å². The van der Waals surface area contributed by atoms with Gasteiger partial charge in [0.2, 0.25) is 5.91 Å². The van der Waals surface area contributed by atoms with Crippen LogP contribution in [-0.4, -0.2) is 58.2 Å². The molecule has 1 N–H and O–H groups in total. The predicted octanol–water partition coefficient (Wildman–Crippen LogP) is 2.50. The average Bonchev–Trinajstić information content (AvgIpc) is 2.64. The van der Waals surface area contributed by atoms with Crippen LogP contribution in [0.5, 0.6) is 0 Å². The van der Waals surface area contributed by atoms with Gasteiger partial charge in [0.1, 0.15) is 0 Å². The van der Waals surface area contributed by atoms with Crippen molar-refractivity contribution >= 4 is 38.7 Å². The number of nitrogens with one attached hydrogen (secondary N) is 1. The quantitative estimate of drug-likeness (QED) is 0.824. The van der Waals surface area contributed by atoms with Crippen molar-refractivity contribution in [3.05, 3.63) is 53.6 Å². The van der Waals surface area contributed by atoms with E-state index in [0.29, 0.717) is 10.7 Å². The minimum atomic E-state index is -3.36. The molecule has 2 aromatic carbocycles. The number of hydrogen-bond donors (Lipinski definition) is 1. The molecule has 0 bridgehead atoms. The van der Waals surface area contributed by atoms with E-state index in [4.69, 9.17) is 11.6 Å². The zero-order valence-electron chi connectivity index (χ0n) is 15.1. The number of halogens is 1. The van der Waals surface area contributed by atoms with Crippen LogP contribution in [0.3, 0.4) is 0 Å². The minimum absolute atomic E-state index is 0.124. The summed E-state index contributed by atoms with van der Waals surface area (Å²) in [7, 11) is -3.36. The Balaban J connectivity index is 1.56. The van der Waals surface area contributed by atoms with Gasteiger partial charge in [0.25, 0.3) is 0 Å². The minimum Gasteiger partial charge on any atom is -0.369 e. The molecule has 6 nitrogen and oxygen atoms in total. The van der Waals surface area contributed by atoms with Gasteiger partial charge in [-0.25, -0.2) is 8.42 Å². The summed E-state index contributed by atoms with van der Waals surface area (Å²) in [6, 6.07) is 14.5. The topological polar surface area (TPSA) is 69.7 Å². The van der Waals surface area contributed by atoms with E-state index >= 15 is 0 Å². The molecule has 27 heavy (non-hydrogen) atoms. The molecule has 0 aromatic heterocycles. The number of amides is 1. The molecule has 0 unspecified atom stereocenters. The van der Waals surface area contributed by atoms with Gasteiger partial charge in [-0.15, -0.1) is 0 Å². The number of benzene rings is 2. The number of piperazine rings is 1. The Labute approximate surface area is 164 Å². The predicted molar refractivity (Wildman–Crippen MR) is 108 cm³/mol. The van der Waals surface area contributed by atoms with E-state index in [0.717, 1.165) is 32.4 Å². The van der Waals surface area contributed by atoms with Crippen LogP contribution in [0.2, 0.25) is 5.02 Å². The molecule has 1 fully saturated rings. The van der Waals surface area contributed by atoms with Gasteiger partial charge in [-0.05, 0) is 30.3 Å². The van der Waals surface area contributed by atoms with Crippen molar-refractivity contribution in [2.24, 2.45) is 0 Å². The van der Waals surface area contributed by atoms with Gasteiger partial charge in [-0.3, -0.25) is 9.69 Å². The van der Waals surface area contributed by atoms with Crippen LogP contribution in [0.25, 0.3) is 0 Å². The highest BCUT2D eigenvalue weighted by Gasteiger charge is 2.20. The lowest BCUT2D eigenvalue weighted by Crippen LogP contribution is -2.48. The standard InChI is InChI=1S/C19H22ClN3O3S/c1-27(25,26)16-7-8-17(20)18(13-16)21-19(24)14-22-9-11-23(12-10-22)15-5-3-2-4-6-15/h2-8,13H,9-12,14H2,1H3,(H,21,24). The van der Waals surface area contributed by atoms with Crippen LogP contribution >= 0.6 is 11.6 Å². The summed E-state index contributed by atoms with van der Waals surface area (Å²) < 4.78 is 23.4. The molecular weight excluding hydrogens is 386 g/mol. The van der Waals surface area contributed by atoms with E-state index < -0.39 is 9.84 Å². The molecule has 8 heteroatoms. The Hall–Kier alpha value is -2.09. The molecule has 1 aliphatic heterocycles. The normalized spacial score (nSPS) is 15.6. The van der Waals surface area contributed by atoms with Crippen molar-refractivity contribution in [1.29, 1.82) is 0 Å². The fraction of sp³-hybridized carbons (Fsp3) is 0.316. The smallest absolute Gasteiger partial charge is 0.238 e. The summed E-state index contributed by atoms with van der Waals surface area (Å²) in [6.07, 6.45) is 1.12. The first-order chi connectivity index (χ1) is 12.8. The highest BCUT2D eigenvalue weighted by atomic mass is 35.5. The van der Waals surface area contributed by atoms with Crippen LogP contribution in [0.15, 0.2) is 53.4 Å². The van der Waals surface area contributed by atoms with Crippen molar-refractivity contribution in [3.8, 4) is 0 Å². The summed E-state index contributed by atoms with van der Waals surface area (Å²) >= 11 is 6.09. The first-order valence-corrected chi connectivity index (χ1v) is 10.9. The third-order valence-electron chi connectivity index (χ3n) is 4.50. The van der Waals surface area contributed by atoms with Gasteiger partial charge in [-0.1, -0.05) is 29.8 Å². The maximum absolute atomic E-state index is 12.4. The molecule has 2 aromatic rings. The van der Waals surface area contributed by atoms with Gasteiger partial charge >= 0.3 is 0 Å². The van der Waals surface area contributed by atoms with Gasteiger partial charge in [0.15, 0.2) is 9.84 Å². The maximum Gasteiger partial charge on any atom is 0.238 e. The zero-order valence-corrected chi connectivity index (χ0v) is 16.6. The Morgan fingerprint density at radius 3 is 2.37 bits per heavy atom. The summed E-state index contributed by atoms with van der Waals surface area (Å²) in [4.78, 5) is 16.9. The van der Waals surface area contributed by atoms with Crippen molar-refractivity contribution < 1.29 is 13.2 Å². The lowest BCUT2D eigenvalue weighted by molar-refractivity contribution is -0.117. The van der Waals surface area contributed by atoms with Crippen molar-refractivity contribution in [3.63, 3.8) is 0 Å². The van der Waals surface area contributed by atoms with Gasteiger partial charge in [0.05, 0.1) is 22.2 Å². The average molecular weight is 408 g/mol. The molecule has 0 radical (unpaired) electrons. The Morgan fingerprint density at radius 1 is 1.07 bits per heavy atom. The van der Waals surface area contributed by atoms with E-state index in [1.807, 2.05) is 18.2 Å². The maximum atomic E-state index is 12.4. The van der Waals surface area contributed by atoms with E-state index in [2.05, 4.69) is 27.2 Å². The molecule has 0 saturated carbocycles. The van der Waals surface area contributed by atoms with Crippen LogP contribution in [-0.2, 0) is 14.6 Å². The van der Waals surface area contributed by atoms with Crippen molar-refractivity contribution in [2.75, 3.05) is 49.2 Å². The first-order valence-electron chi connectivity index (χ1n) is 8.65. The number of anilines is 2. The zero-order chi connectivity index (χ0) is 19.4. The molecule has 0 spiro atoms.